The molecule has 0 bridgehead atoms. The molecule has 4 atom stereocenters. The van der Waals surface area contributed by atoms with Crippen molar-refractivity contribution in [2.45, 2.75) is 58.7 Å². The van der Waals surface area contributed by atoms with E-state index in [0.717, 1.165) is 18.0 Å². The molecule has 1 aromatic carbocycles. The van der Waals surface area contributed by atoms with Crippen LogP contribution in [0.15, 0.2) is 18.2 Å². The molecule has 92 valence electrons. The normalized spacial score (nSPS) is 33.5. The molecule has 1 saturated heterocycles. The van der Waals surface area contributed by atoms with Crippen LogP contribution in [-0.2, 0) is 0 Å². The Balaban J connectivity index is 1.88. The summed E-state index contributed by atoms with van der Waals surface area (Å²) in [5.41, 5.74) is 4.35. The summed E-state index contributed by atoms with van der Waals surface area (Å²) in [5.74, 6) is 1.01. The number of aryl methyl sites for hydroxylation is 2. The lowest BCUT2D eigenvalue weighted by atomic mass is 9.98. The Morgan fingerprint density at radius 3 is 2.59 bits per heavy atom. The first kappa shape index (κ1) is 11.3. The van der Waals surface area contributed by atoms with Crippen LogP contribution < -0.4 is 0 Å². The van der Waals surface area contributed by atoms with Gasteiger partial charge in [0.05, 0.1) is 0 Å². The quantitative estimate of drug-likeness (QED) is 0.744. The molecule has 1 aliphatic carbocycles. The average molecular weight is 229 g/mol. The van der Waals surface area contributed by atoms with Crippen LogP contribution >= 0.6 is 0 Å². The van der Waals surface area contributed by atoms with Crippen LogP contribution in [0.4, 0.5) is 0 Å². The predicted molar refractivity (Wildman–Crippen MR) is 72.1 cm³/mol. The monoisotopic (exact) mass is 229 g/mol. The fourth-order valence-corrected chi connectivity index (χ4v) is 3.86. The number of hydrogen-bond acceptors (Lipinski definition) is 1. The van der Waals surface area contributed by atoms with Crippen LogP contribution in [0, 0.1) is 19.8 Å². The molecule has 2 fully saturated rings. The summed E-state index contributed by atoms with van der Waals surface area (Å²) in [4.78, 5) is 2.75. The summed E-state index contributed by atoms with van der Waals surface area (Å²) >= 11 is 0. The van der Waals surface area contributed by atoms with Crippen LogP contribution in [0.3, 0.4) is 0 Å². The van der Waals surface area contributed by atoms with Gasteiger partial charge in [-0.25, -0.2) is 0 Å². The molecule has 1 aliphatic heterocycles. The van der Waals surface area contributed by atoms with Crippen LogP contribution in [0.25, 0.3) is 0 Å². The van der Waals surface area contributed by atoms with Gasteiger partial charge in [-0.3, -0.25) is 4.90 Å². The highest BCUT2D eigenvalue weighted by molar-refractivity contribution is 5.33. The maximum atomic E-state index is 2.75. The summed E-state index contributed by atoms with van der Waals surface area (Å²) in [6.07, 6.45) is 2.86. The summed E-state index contributed by atoms with van der Waals surface area (Å²) in [7, 11) is 0. The minimum absolute atomic E-state index is 0.586. The Hall–Kier alpha value is -0.820. The van der Waals surface area contributed by atoms with E-state index in [-0.39, 0.29) is 0 Å². The fourth-order valence-electron chi connectivity index (χ4n) is 3.86. The summed E-state index contributed by atoms with van der Waals surface area (Å²) < 4.78 is 0. The largest absolute Gasteiger partial charge is 0.291 e. The van der Waals surface area contributed by atoms with E-state index in [2.05, 4.69) is 50.8 Å². The number of benzene rings is 1. The molecule has 1 heteroatoms. The number of piperidine rings is 1. The van der Waals surface area contributed by atoms with Crippen molar-refractivity contribution >= 4 is 0 Å². The number of hydrogen-bond donors (Lipinski definition) is 0. The minimum atomic E-state index is 0.586. The van der Waals surface area contributed by atoms with Crippen LogP contribution in [0.2, 0.25) is 0 Å². The van der Waals surface area contributed by atoms with Crippen molar-refractivity contribution in [3.63, 3.8) is 0 Å². The summed E-state index contributed by atoms with van der Waals surface area (Å²) in [5, 5.41) is 0. The van der Waals surface area contributed by atoms with Gasteiger partial charge in [0, 0.05) is 18.1 Å². The van der Waals surface area contributed by atoms with Gasteiger partial charge >= 0.3 is 0 Å². The first-order valence-corrected chi connectivity index (χ1v) is 6.92. The lowest BCUT2D eigenvalue weighted by Gasteiger charge is -2.32. The third kappa shape index (κ3) is 1.81. The SMILES string of the molecule is Cc1ccc(C(C)N2[C@H](C)C[C@@H]3C[C@@H]32)c(C)c1. The Morgan fingerprint density at radius 1 is 1.24 bits per heavy atom. The van der Waals surface area contributed by atoms with E-state index in [1.54, 1.807) is 0 Å². The maximum absolute atomic E-state index is 2.75. The molecule has 0 aromatic heterocycles. The number of nitrogens with zero attached hydrogens (tertiary/aromatic N) is 1. The Morgan fingerprint density at radius 2 is 2.00 bits per heavy atom. The van der Waals surface area contributed by atoms with Gasteiger partial charge in [0.2, 0.25) is 0 Å². The van der Waals surface area contributed by atoms with E-state index < -0.39 is 0 Å². The van der Waals surface area contributed by atoms with Crippen molar-refractivity contribution in [3.8, 4) is 0 Å². The third-order valence-corrected chi connectivity index (χ3v) is 4.74. The molecule has 0 N–H and O–H groups in total. The summed E-state index contributed by atoms with van der Waals surface area (Å²) in [6.45, 7) is 9.21. The van der Waals surface area contributed by atoms with Crippen molar-refractivity contribution in [2.24, 2.45) is 5.92 Å². The molecular formula is C16H23N. The molecule has 1 unspecified atom stereocenters. The van der Waals surface area contributed by atoms with E-state index in [9.17, 15) is 0 Å². The topological polar surface area (TPSA) is 3.24 Å². The standard InChI is InChI=1S/C16H23N/c1-10-5-6-15(11(2)7-10)13(4)17-12(3)8-14-9-16(14)17/h5-7,12-14,16H,8-9H2,1-4H3/t12-,13?,14-,16+/m1/s1. The lowest BCUT2D eigenvalue weighted by Crippen LogP contribution is -2.33. The molecule has 0 spiro atoms. The zero-order valence-corrected chi connectivity index (χ0v) is 11.4. The molecule has 1 saturated carbocycles. The molecule has 1 aromatic rings. The average Bonchev–Trinajstić information content (AvgIpc) is 2.90. The molecule has 0 amide bonds. The maximum Gasteiger partial charge on any atom is 0.0328 e. The minimum Gasteiger partial charge on any atom is -0.291 e. The van der Waals surface area contributed by atoms with Gasteiger partial charge in [0.15, 0.2) is 0 Å². The molecule has 3 rings (SSSR count). The smallest absolute Gasteiger partial charge is 0.0328 e. The van der Waals surface area contributed by atoms with E-state index in [1.165, 1.54) is 29.5 Å². The Kier molecular flexibility index (Phi) is 2.55. The van der Waals surface area contributed by atoms with E-state index >= 15 is 0 Å². The van der Waals surface area contributed by atoms with Gasteiger partial charge in [0.1, 0.15) is 0 Å². The van der Waals surface area contributed by atoms with Crippen molar-refractivity contribution < 1.29 is 0 Å². The van der Waals surface area contributed by atoms with Crippen LogP contribution in [0.1, 0.15) is 49.4 Å². The van der Waals surface area contributed by atoms with Gasteiger partial charge in [-0.1, -0.05) is 23.8 Å². The van der Waals surface area contributed by atoms with Crippen molar-refractivity contribution in [2.75, 3.05) is 0 Å². The van der Waals surface area contributed by atoms with Gasteiger partial charge in [-0.15, -0.1) is 0 Å². The number of rotatable bonds is 2. The van der Waals surface area contributed by atoms with Crippen LogP contribution in [0.5, 0.6) is 0 Å². The van der Waals surface area contributed by atoms with Crippen molar-refractivity contribution in [1.82, 2.24) is 4.90 Å². The van der Waals surface area contributed by atoms with Gasteiger partial charge in [0.25, 0.3) is 0 Å². The zero-order chi connectivity index (χ0) is 12.2. The van der Waals surface area contributed by atoms with Crippen LogP contribution in [-0.4, -0.2) is 17.0 Å². The Bertz CT molecular complexity index is 435. The van der Waals surface area contributed by atoms with Gasteiger partial charge < -0.3 is 0 Å². The van der Waals surface area contributed by atoms with Crippen molar-refractivity contribution in [3.05, 3.63) is 34.9 Å². The third-order valence-electron chi connectivity index (χ3n) is 4.74. The van der Waals surface area contributed by atoms with Gasteiger partial charge in [-0.05, 0) is 57.6 Å². The number of fused-ring (bicyclic) bond motifs is 1. The first-order chi connectivity index (χ1) is 8.08. The molecular weight excluding hydrogens is 206 g/mol. The fraction of sp³-hybridized carbons (Fsp3) is 0.625. The second-order valence-corrected chi connectivity index (χ2v) is 6.13. The molecule has 0 radical (unpaired) electrons. The molecule has 1 heterocycles. The highest BCUT2D eigenvalue weighted by Gasteiger charge is 2.51. The lowest BCUT2D eigenvalue weighted by molar-refractivity contribution is 0.172. The molecule has 2 aliphatic rings. The van der Waals surface area contributed by atoms with Crippen molar-refractivity contribution in [1.29, 1.82) is 0 Å². The summed E-state index contributed by atoms with van der Waals surface area (Å²) in [6, 6.07) is 9.15. The van der Waals surface area contributed by atoms with E-state index in [0.29, 0.717) is 6.04 Å². The zero-order valence-electron chi connectivity index (χ0n) is 11.4. The predicted octanol–water partition coefficient (Wildman–Crippen LogP) is 3.85. The highest BCUT2D eigenvalue weighted by atomic mass is 15.3. The first-order valence-electron chi connectivity index (χ1n) is 6.92. The molecule has 17 heavy (non-hydrogen) atoms. The Labute approximate surface area is 105 Å². The van der Waals surface area contributed by atoms with E-state index in [4.69, 9.17) is 0 Å². The number of likely N-dealkylation sites (tertiary alicyclic amines) is 1. The second-order valence-electron chi connectivity index (χ2n) is 6.13. The van der Waals surface area contributed by atoms with E-state index in [1.807, 2.05) is 0 Å². The molecule has 1 nitrogen and oxygen atoms in total. The van der Waals surface area contributed by atoms with Gasteiger partial charge in [-0.2, -0.15) is 0 Å². The highest BCUT2D eigenvalue weighted by Crippen LogP contribution is 2.51. The second kappa shape index (κ2) is 3.84.